The lowest BCUT2D eigenvalue weighted by molar-refractivity contribution is 0.265. The number of sulfonamides is 1. The van der Waals surface area contributed by atoms with Gasteiger partial charge in [0.15, 0.2) is 11.5 Å². The van der Waals surface area contributed by atoms with Gasteiger partial charge >= 0.3 is 0 Å². The summed E-state index contributed by atoms with van der Waals surface area (Å²) in [6.45, 7) is 4.46. The topological polar surface area (TPSA) is 136 Å². The summed E-state index contributed by atoms with van der Waals surface area (Å²) in [5.41, 5.74) is 7.17. The summed E-state index contributed by atoms with van der Waals surface area (Å²) in [4.78, 5) is 8.46. The van der Waals surface area contributed by atoms with E-state index in [1.54, 1.807) is 12.1 Å². The molecule has 4 rings (SSSR count). The summed E-state index contributed by atoms with van der Waals surface area (Å²) in [6, 6.07) is 11.5. The van der Waals surface area contributed by atoms with Gasteiger partial charge in [0.05, 0.1) is 6.61 Å². The van der Waals surface area contributed by atoms with Crippen molar-refractivity contribution in [2.45, 2.75) is 18.7 Å². The highest BCUT2D eigenvalue weighted by Crippen LogP contribution is 2.30. The van der Waals surface area contributed by atoms with E-state index in [9.17, 15) is 12.8 Å². The van der Waals surface area contributed by atoms with Crippen molar-refractivity contribution in [2.24, 2.45) is 5.92 Å². The minimum Gasteiger partial charge on any atom is -0.477 e. The molecule has 2 aromatic heterocycles. The molecule has 0 aliphatic rings. The van der Waals surface area contributed by atoms with Crippen molar-refractivity contribution >= 4 is 32.6 Å². The molecule has 0 saturated heterocycles. The van der Waals surface area contributed by atoms with E-state index in [0.717, 1.165) is 6.07 Å². The maximum absolute atomic E-state index is 13.9. The van der Waals surface area contributed by atoms with Crippen LogP contribution in [0.4, 0.5) is 15.9 Å². The van der Waals surface area contributed by atoms with Crippen molar-refractivity contribution in [1.82, 2.24) is 20.2 Å². The van der Waals surface area contributed by atoms with Crippen LogP contribution in [-0.4, -0.2) is 35.2 Å². The fourth-order valence-electron chi connectivity index (χ4n) is 2.95. The monoisotopic (exact) mass is 456 g/mol. The quantitative estimate of drug-likeness (QED) is 0.387. The minimum atomic E-state index is -4.07. The number of rotatable bonds is 7. The number of H-pyrrole nitrogens is 1. The first-order valence-electron chi connectivity index (χ1n) is 9.77. The molecule has 0 bridgehead atoms. The summed E-state index contributed by atoms with van der Waals surface area (Å²) in [6.07, 6.45) is 0. The summed E-state index contributed by atoms with van der Waals surface area (Å²) in [5.74, 6) is 0.410. The third-order valence-electron chi connectivity index (χ3n) is 4.48. The molecule has 4 N–H and O–H groups in total. The van der Waals surface area contributed by atoms with Crippen LogP contribution in [0.3, 0.4) is 0 Å². The van der Waals surface area contributed by atoms with E-state index in [-0.39, 0.29) is 11.6 Å². The van der Waals surface area contributed by atoms with Crippen molar-refractivity contribution in [3.05, 3.63) is 54.3 Å². The maximum Gasteiger partial charge on any atom is 0.264 e. The summed E-state index contributed by atoms with van der Waals surface area (Å²) in [5, 5.41) is 7.27. The first-order valence-corrected chi connectivity index (χ1v) is 11.2. The van der Waals surface area contributed by atoms with Gasteiger partial charge in [-0.25, -0.2) is 17.8 Å². The highest BCUT2D eigenvalue weighted by atomic mass is 32.2. The van der Waals surface area contributed by atoms with Gasteiger partial charge in [-0.3, -0.25) is 9.82 Å². The van der Waals surface area contributed by atoms with Gasteiger partial charge in [-0.2, -0.15) is 10.1 Å². The van der Waals surface area contributed by atoms with Crippen LogP contribution in [0.1, 0.15) is 13.8 Å². The van der Waals surface area contributed by atoms with Crippen LogP contribution in [0.15, 0.2) is 53.4 Å². The molecular formula is C21H21FN6O3S. The summed E-state index contributed by atoms with van der Waals surface area (Å²) >= 11 is 0. The van der Waals surface area contributed by atoms with Gasteiger partial charge in [0, 0.05) is 11.3 Å². The van der Waals surface area contributed by atoms with Crippen molar-refractivity contribution in [2.75, 3.05) is 17.1 Å². The van der Waals surface area contributed by atoms with E-state index in [4.69, 9.17) is 10.5 Å². The number of fused-ring (bicyclic) bond motifs is 1. The minimum absolute atomic E-state index is 0.262. The number of nitrogens with one attached hydrogen (secondary N) is 2. The molecule has 2 aromatic carbocycles. The van der Waals surface area contributed by atoms with E-state index in [1.165, 1.54) is 30.3 Å². The molecule has 0 radical (unpaired) electrons. The van der Waals surface area contributed by atoms with Gasteiger partial charge in [-0.15, -0.1) is 0 Å². The Labute approximate surface area is 183 Å². The Morgan fingerprint density at radius 3 is 2.53 bits per heavy atom. The molecule has 0 amide bonds. The number of ether oxygens (including phenoxy) is 1. The van der Waals surface area contributed by atoms with Crippen LogP contribution in [0.25, 0.3) is 22.4 Å². The number of nitrogens with zero attached hydrogens (tertiary/aromatic N) is 3. The van der Waals surface area contributed by atoms with E-state index in [0.29, 0.717) is 40.7 Å². The molecule has 0 atom stereocenters. The second kappa shape index (κ2) is 8.42. The maximum atomic E-state index is 13.9. The van der Waals surface area contributed by atoms with Gasteiger partial charge in [-0.05, 0) is 42.3 Å². The highest BCUT2D eigenvalue weighted by Gasteiger charge is 2.19. The molecule has 4 aromatic rings. The van der Waals surface area contributed by atoms with Gasteiger partial charge in [0.1, 0.15) is 21.9 Å². The van der Waals surface area contributed by atoms with Crippen LogP contribution in [0, 0.1) is 11.7 Å². The number of anilines is 2. The van der Waals surface area contributed by atoms with Crippen molar-refractivity contribution in [1.29, 1.82) is 0 Å². The molecule has 9 nitrogen and oxygen atoms in total. The van der Waals surface area contributed by atoms with Crippen LogP contribution in [0.2, 0.25) is 0 Å². The van der Waals surface area contributed by atoms with Crippen LogP contribution >= 0.6 is 0 Å². The van der Waals surface area contributed by atoms with Crippen molar-refractivity contribution in [3.8, 4) is 17.3 Å². The van der Waals surface area contributed by atoms with E-state index >= 15 is 0 Å². The Bertz CT molecular complexity index is 1370. The Kier molecular flexibility index (Phi) is 5.66. The average Bonchev–Trinajstić information content (AvgIpc) is 3.13. The van der Waals surface area contributed by atoms with Crippen LogP contribution < -0.4 is 15.2 Å². The molecular weight excluding hydrogens is 435 g/mol. The zero-order valence-corrected chi connectivity index (χ0v) is 18.1. The lowest BCUT2D eigenvalue weighted by Gasteiger charge is -2.11. The Balaban J connectivity index is 1.63. The first-order chi connectivity index (χ1) is 15.2. The van der Waals surface area contributed by atoms with Gasteiger partial charge in [-0.1, -0.05) is 26.0 Å². The summed E-state index contributed by atoms with van der Waals surface area (Å²) < 4.78 is 47.0. The predicted octanol–water partition coefficient (Wildman–Crippen LogP) is 3.58. The normalized spacial score (nSPS) is 11.8. The summed E-state index contributed by atoms with van der Waals surface area (Å²) in [7, 11) is -4.07. The average molecular weight is 457 g/mol. The Morgan fingerprint density at radius 1 is 1.12 bits per heavy atom. The molecule has 0 aliphatic carbocycles. The van der Waals surface area contributed by atoms with Crippen molar-refractivity contribution < 1.29 is 17.5 Å². The number of halogens is 1. The predicted molar refractivity (Wildman–Crippen MR) is 119 cm³/mol. The lowest BCUT2D eigenvalue weighted by Crippen LogP contribution is -2.14. The van der Waals surface area contributed by atoms with Gasteiger partial charge < -0.3 is 10.5 Å². The molecule has 0 saturated carbocycles. The number of nitrogen functional groups attached to an aromatic ring is 1. The fraction of sp³-hybridized carbons (Fsp3) is 0.190. The number of aromatic amines is 1. The van der Waals surface area contributed by atoms with Gasteiger partial charge in [0.2, 0.25) is 5.88 Å². The van der Waals surface area contributed by atoms with Crippen LogP contribution in [-0.2, 0) is 10.0 Å². The Morgan fingerprint density at radius 2 is 1.84 bits per heavy atom. The first kappa shape index (κ1) is 21.5. The number of hydrogen-bond acceptors (Lipinski definition) is 7. The number of nitrogens with two attached hydrogens (primary N) is 1. The molecule has 0 unspecified atom stereocenters. The largest absolute Gasteiger partial charge is 0.477 e. The Hall–Kier alpha value is -3.73. The highest BCUT2D eigenvalue weighted by molar-refractivity contribution is 7.92. The number of benzene rings is 2. The zero-order chi connectivity index (χ0) is 22.9. The molecule has 11 heteroatoms. The van der Waals surface area contributed by atoms with Gasteiger partial charge in [0.25, 0.3) is 10.0 Å². The molecule has 2 heterocycles. The smallest absolute Gasteiger partial charge is 0.264 e. The second-order valence-electron chi connectivity index (χ2n) is 7.51. The molecule has 0 spiro atoms. The standard InChI is InChI=1S/C21H21FN6O3S/c1-12(2)11-31-21-17-18(23)26-27-20(17)24-19(25-21)13-7-9-14(10-8-13)28-32(29,30)16-6-4-3-5-15(16)22/h3-10,12,28H,11H2,1-2H3,(H3,23,24,25,26,27). The van der Waals surface area contributed by atoms with E-state index < -0.39 is 20.7 Å². The lowest BCUT2D eigenvalue weighted by atomic mass is 10.2. The molecule has 0 aliphatic heterocycles. The second-order valence-corrected chi connectivity index (χ2v) is 9.16. The fourth-order valence-corrected chi connectivity index (χ4v) is 4.09. The molecule has 32 heavy (non-hydrogen) atoms. The third kappa shape index (κ3) is 4.33. The molecule has 0 fully saturated rings. The number of hydrogen-bond donors (Lipinski definition) is 3. The molecule has 166 valence electrons. The third-order valence-corrected chi connectivity index (χ3v) is 5.90. The zero-order valence-electron chi connectivity index (χ0n) is 17.3. The SMILES string of the molecule is CC(C)COc1nc(-c2ccc(NS(=O)(=O)c3ccccc3F)cc2)nc2n[nH]c(N)c12. The number of aromatic nitrogens is 4. The van der Waals surface area contributed by atoms with E-state index in [1.807, 2.05) is 13.8 Å². The van der Waals surface area contributed by atoms with Crippen LogP contribution in [0.5, 0.6) is 5.88 Å². The van der Waals surface area contributed by atoms with E-state index in [2.05, 4.69) is 24.9 Å². The van der Waals surface area contributed by atoms with Crippen molar-refractivity contribution in [3.63, 3.8) is 0 Å².